The molecule has 1 fully saturated rings. The molecule has 0 aliphatic carbocycles. The number of halogens is 1. The molecule has 1 aliphatic heterocycles. The number of carbonyl (C=O) groups excluding carboxylic acids is 2. The Morgan fingerprint density at radius 2 is 2.09 bits per heavy atom. The SMILES string of the molecule is Cl.O=C(CNC(=O)C1CCCN1)Nc1cccc2cccnc12. The first kappa shape index (κ1) is 17.2. The Kier molecular flexibility index (Phi) is 5.90. The van der Waals surface area contributed by atoms with Crippen molar-refractivity contribution >= 4 is 40.8 Å². The number of pyridine rings is 1. The Hall–Kier alpha value is -2.18. The van der Waals surface area contributed by atoms with E-state index in [9.17, 15) is 9.59 Å². The van der Waals surface area contributed by atoms with Crippen LogP contribution in [0.4, 0.5) is 5.69 Å². The van der Waals surface area contributed by atoms with E-state index >= 15 is 0 Å². The van der Waals surface area contributed by atoms with E-state index in [2.05, 4.69) is 20.9 Å². The number of aromatic nitrogens is 1. The highest BCUT2D eigenvalue weighted by molar-refractivity contribution is 6.01. The second kappa shape index (κ2) is 7.89. The van der Waals surface area contributed by atoms with Crippen molar-refractivity contribution in [1.29, 1.82) is 0 Å². The van der Waals surface area contributed by atoms with Gasteiger partial charge in [-0.2, -0.15) is 0 Å². The Morgan fingerprint density at radius 3 is 2.87 bits per heavy atom. The molecule has 3 N–H and O–H groups in total. The van der Waals surface area contributed by atoms with Crippen LogP contribution in [0, 0.1) is 0 Å². The number of amides is 2. The quantitative estimate of drug-likeness (QED) is 0.790. The molecule has 1 aromatic heterocycles. The van der Waals surface area contributed by atoms with Crippen molar-refractivity contribution in [2.45, 2.75) is 18.9 Å². The lowest BCUT2D eigenvalue weighted by atomic mass is 10.2. The molecular weight excluding hydrogens is 316 g/mol. The third kappa shape index (κ3) is 4.18. The molecule has 2 aromatic rings. The topological polar surface area (TPSA) is 83.1 Å². The summed E-state index contributed by atoms with van der Waals surface area (Å²) in [5.41, 5.74) is 1.39. The summed E-state index contributed by atoms with van der Waals surface area (Å²) in [6, 6.07) is 9.21. The summed E-state index contributed by atoms with van der Waals surface area (Å²) >= 11 is 0. The zero-order valence-corrected chi connectivity index (χ0v) is 13.4. The predicted molar refractivity (Wildman–Crippen MR) is 91.7 cm³/mol. The van der Waals surface area contributed by atoms with Gasteiger partial charge in [0.25, 0.3) is 0 Å². The lowest BCUT2D eigenvalue weighted by Crippen LogP contribution is -2.43. The van der Waals surface area contributed by atoms with Gasteiger partial charge in [0.15, 0.2) is 0 Å². The molecule has 0 spiro atoms. The van der Waals surface area contributed by atoms with Crippen LogP contribution in [0.15, 0.2) is 36.5 Å². The number of carbonyl (C=O) groups is 2. The first-order valence-electron chi connectivity index (χ1n) is 7.39. The van der Waals surface area contributed by atoms with Crippen LogP contribution in [0.2, 0.25) is 0 Å². The molecule has 2 heterocycles. The van der Waals surface area contributed by atoms with Crippen LogP contribution in [-0.4, -0.2) is 35.9 Å². The van der Waals surface area contributed by atoms with Crippen LogP contribution in [0.1, 0.15) is 12.8 Å². The summed E-state index contributed by atoms with van der Waals surface area (Å²) in [4.78, 5) is 28.1. The molecule has 1 aromatic carbocycles. The van der Waals surface area contributed by atoms with Gasteiger partial charge < -0.3 is 16.0 Å². The zero-order valence-electron chi connectivity index (χ0n) is 12.5. The van der Waals surface area contributed by atoms with Gasteiger partial charge in [-0.15, -0.1) is 12.4 Å². The van der Waals surface area contributed by atoms with E-state index in [4.69, 9.17) is 0 Å². The minimum absolute atomic E-state index is 0. The van der Waals surface area contributed by atoms with E-state index in [1.807, 2.05) is 24.3 Å². The van der Waals surface area contributed by atoms with Gasteiger partial charge in [-0.3, -0.25) is 14.6 Å². The second-order valence-corrected chi connectivity index (χ2v) is 5.30. The molecule has 23 heavy (non-hydrogen) atoms. The molecule has 7 heteroatoms. The zero-order chi connectivity index (χ0) is 15.4. The van der Waals surface area contributed by atoms with Gasteiger partial charge in [0.2, 0.25) is 11.8 Å². The molecule has 0 saturated carbocycles. The Labute approximate surface area is 140 Å². The molecule has 6 nitrogen and oxygen atoms in total. The van der Waals surface area contributed by atoms with Crippen LogP contribution in [-0.2, 0) is 9.59 Å². The highest BCUT2D eigenvalue weighted by atomic mass is 35.5. The highest BCUT2D eigenvalue weighted by Crippen LogP contribution is 2.20. The number of nitrogens with zero attached hydrogens (tertiary/aromatic N) is 1. The Bertz CT molecular complexity index is 696. The van der Waals surface area contributed by atoms with Crippen molar-refractivity contribution in [3.63, 3.8) is 0 Å². The molecule has 1 aliphatic rings. The normalized spacial score (nSPS) is 16.6. The molecule has 1 unspecified atom stereocenters. The molecule has 2 amide bonds. The minimum atomic E-state index is -0.260. The summed E-state index contributed by atoms with van der Waals surface area (Å²) in [5, 5.41) is 9.51. The van der Waals surface area contributed by atoms with E-state index in [-0.39, 0.29) is 36.8 Å². The minimum Gasteiger partial charge on any atom is -0.346 e. The van der Waals surface area contributed by atoms with Crippen molar-refractivity contribution in [2.75, 3.05) is 18.4 Å². The lowest BCUT2D eigenvalue weighted by Gasteiger charge is -2.12. The first-order chi connectivity index (χ1) is 10.7. The number of para-hydroxylation sites is 1. The van der Waals surface area contributed by atoms with E-state index in [0.29, 0.717) is 5.69 Å². The number of rotatable bonds is 4. The van der Waals surface area contributed by atoms with Gasteiger partial charge in [-0.05, 0) is 31.5 Å². The number of benzene rings is 1. The van der Waals surface area contributed by atoms with Crippen molar-refractivity contribution < 1.29 is 9.59 Å². The highest BCUT2D eigenvalue weighted by Gasteiger charge is 2.22. The molecule has 0 bridgehead atoms. The summed E-state index contributed by atoms with van der Waals surface area (Å²) in [6.07, 6.45) is 3.50. The number of anilines is 1. The third-order valence-electron chi connectivity index (χ3n) is 3.71. The largest absolute Gasteiger partial charge is 0.346 e. The summed E-state index contributed by atoms with van der Waals surface area (Å²) in [5.74, 6) is -0.381. The van der Waals surface area contributed by atoms with Gasteiger partial charge in [-0.1, -0.05) is 18.2 Å². The van der Waals surface area contributed by atoms with Crippen LogP contribution in [0.25, 0.3) is 10.9 Å². The summed E-state index contributed by atoms with van der Waals surface area (Å²) in [7, 11) is 0. The second-order valence-electron chi connectivity index (χ2n) is 5.30. The first-order valence-corrected chi connectivity index (χ1v) is 7.39. The van der Waals surface area contributed by atoms with Crippen molar-refractivity contribution in [2.24, 2.45) is 0 Å². The van der Waals surface area contributed by atoms with Crippen molar-refractivity contribution in [3.8, 4) is 0 Å². The maximum Gasteiger partial charge on any atom is 0.243 e. The Morgan fingerprint density at radius 1 is 1.26 bits per heavy atom. The molecule has 122 valence electrons. The maximum absolute atomic E-state index is 12.0. The van der Waals surface area contributed by atoms with E-state index < -0.39 is 0 Å². The predicted octanol–water partition coefficient (Wildman–Crippen LogP) is 1.46. The number of fused-ring (bicyclic) bond motifs is 1. The molecule has 1 atom stereocenters. The molecular formula is C16H19ClN4O2. The molecule has 0 radical (unpaired) electrons. The lowest BCUT2D eigenvalue weighted by molar-refractivity contribution is -0.125. The van der Waals surface area contributed by atoms with Crippen LogP contribution >= 0.6 is 12.4 Å². The fourth-order valence-electron chi connectivity index (χ4n) is 2.60. The van der Waals surface area contributed by atoms with Crippen LogP contribution < -0.4 is 16.0 Å². The standard InChI is InChI=1S/C16H18N4O2.ClH/c21-14(10-19-16(22)13-7-3-8-17-13)20-12-6-1-4-11-5-2-9-18-15(11)12;/h1-2,4-6,9,13,17H,3,7-8,10H2,(H,19,22)(H,20,21);1H. The van der Waals surface area contributed by atoms with E-state index in [1.165, 1.54) is 0 Å². The number of hydrogen-bond donors (Lipinski definition) is 3. The van der Waals surface area contributed by atoms with E-state index in [1.54, 1.807) is 12.3 Å². The summed E-state index contributed by atoms with van der Waals surface area (Å²) < 4.78 is 0. The average Bonchev–Trinajstić information content (AvgIpc) is 3.07. The fourth-order valence-corrected chi connectivity index (χ4v) is 2.60. The van der Waals surface area contributed by atoms with Gasteiger partial charge in [-0.25, -0.2) is 0 Å². The number of hydrogen-bond acceptors (Lipinski definition) is 4. The monoisotopic (exact) mass is 334 g/mol. The van der Waals surface area contributed by atoms with Crippen LogP contribution in [0.3, 0.4) is 0 Å². The molecule has 3 rings (SSSR count). The van der Waals surface area contributed by atoms with Crippen LogP contribution in [0.5, 0.6) is 0 Å². The van der Waals surface area contributed by atoms with Gasteiger partial charge >= 0.3 is 0 Å². The van der Waals surface area contributed by atoms with Gasteiger partial charge in [0, 0.05) is 11.6 Å². The van der Waals surface area contributed by atoms with Crippen molar-refractivity contribution in [1.82, 2.24) is 15.6 Å². The van der Waals surface area contributed by atoms with E-state index in [0.717, 1.165) is 30.3 Å². The van der Waals surface area contributed by atoms with Crippen molar-refractivity contribution in [3.05, 3.63) is 36.5 Å². The molecule has 1 saturated heterocycles. The van der Waals surface area contributed by atoms with Gasteiger partial charge in [0.1, 0.15) is 0 Å². The maximum atomic E-state index is 12.0. The third-order valence-corrected chi connectivity index (χ3v) is 3.71. The van der Waals surface area contributed by atoms with Gasteiger partial charge in [0.05, 0.1) is 23.8 Å². The fraction of sp³-hybridized carbons (Fsp3) is 0.312. The smallest absolute Gasteiger partial charge is 0.243 e. The number of nitrogens with one attached hydrogen (secondary N) is 3. The average molecular weight is 335 g/mol. The summed E-state index contributed by atoms with van der Waals surface area (Å²) in [6.45, 7) is 0.812. The Balaban J connectivity index is 0.00000192.